The number of carbonyl (C=O) groups excluding carboxylic acids is 1. The van der Waals surface area contributed by atoms with E-state index in [9.17, 15) is 4.79 Å². The molecule has 8 heteroatoms. The summed E-state index contributed by atoms with van der Waals surface area (Å²) < 4.78 is 5.62. The maximum atomic E-state index is 14.2. The molecule has 2 aliphatic carbocycles. The number of halogens is 1. The van der Waals surface area contributed by atoms with E-state index in [0.717, 1.165) is 53.9 Å². The molecule has 2 spiro atoms. The molecule has 1 fully saturated rings. The number of hydrogen-bond donors (Lipinski definition) is 1. The van der Waals surface area contributed by atoms with E-state index in [1.807, 2.05) is 49.2 Å². The number of thiazole rings is 1. The van der Waals surface area contributed by atoms with Gasteiger partial charge in [-0.15, -0.1) is 11.3 Å². The number of nitrogens with zero attached hydrogens (tertiary/aromatic N) is 3. The lowest BCUT2D eigenvalue weighted by Crippen LogP contribution is -2.53. The van der Waals surface area contributed by atoms with Crippen molar-refractivity contribution in [1.82, 2.24) is 9.88 Å². The molecular formula is C25H27IN4O2S. The van der Waals surface area contributed by atoms with Gasteiger partial charge in [-0.3, -0.25) is 9.69 Å². The van der Waals surface area contributed by atoms with Crippen molar-refractivity contribution in [1.29, 1.82) is 0 Å². The summed E-state index contributed by atoms with van der Waals surface area (Å²) in [7, 11) is 0. The Morgan fingerprint density at radius 2 is 2.09 bits per heavy atom. The number of benzene rings is 1. The molecule has 33 heavy (non-hydrogen) atoms. The van der Waals surface area contributed by atoms with Gasteiger partial charge in [-0.05, 0) is 76.0 Å². The summed E-state index contributed by atoms with van der Waals surface area (Å²) in [5.74, 6) is 6.27. The lowest BCUT2D eigenvalue weighted by Gasteiger charge is -2.45. The predicted octanol–water partition coefficient (Wildman–Crippen LogP) is 4.79. The second kappa shape index (κ2) is 8.36. The second-order valence-corrected chi connectivity index (χ2v) is 10.8. The van der Waals surface area contributed by atoms with E-state index < -0.39 is 5.54 Å². The summed E-state index contributed by atoms with van der Waals surface area (Å²) in [5, 5.41) is 2.87. The van der Waals surface area contributed by atoms with Gasteiger partial charge >= 0.3 is 0 Å². The Balaban J connectivity index is 1.66. The molecule has 2 aromatic rings. The van der Waals surface area contributed by atoms with E-state index in [2.05, 4.69) is 35.0 Å². The number of aromatic nitrogens is 1. The molecule has 1 unspecified atom stereocenters. The van der Waals surface area contributed by atoms with E-state index in [-0.39, 0.29) is 23.5 Å². The number of amides is 1. The first-order chi connectivity index (χ1) is 15.8. The molecule has 0 saturated heterocycles. The first kappa shape index (κ1) is 22.8. The number of aliphatic imine (C=N–C) groups is 1. The molecule has 2 heterocycles. The summed E-state index contributed by atoms with van der Waals surface area (Å²) in [4.78, 5) is 25.6. The minimum absolute atomic E-state index is 0.0106. The van der Waals surface area contributed by atoms with Crippen LogP contribution in [-0.4, -0.2) is 33.9 Å². The lowest BCUT2D eigenvalue weighted by atomic mass is 9.61. The fourth-order valence-electron chi connectivity index (χ4n) is 5.91. The van der Waals surface area contributed by atoms with Gasteiger partial charge < -0.3 is 8.80 Å². The molecule has 6 nitrogen and oxygen atoms in total. The third-order valence-corrected chi connectivity index (χ3v) is 9.00. The standard InChI is InChI=1S/C25H27IN4O2S/c1-4-5-18-14-33-21(28-18)16-6-7-17-13-24(10-8-19(32-26)9-11-24)25(20(17)12-16)22(31)30(15(2)3)23(27)29-25/h6-7,12,14-15,19H,8-11,13H2,1-3H3,(H2,27,29). The van der Waals surface area contributed by atoms with Crippen LogP contribution in [0.4, 0.5) is 0 Å². The summed E-state index contributed by atoms with van der Waals surface area (Å²) in [6.45, 7) is 5.79. The van der Waals surface area contributed by atoms with E-state index in [1.54, 1.807) is 16.2 Å². The fraction of sp³-hybridized carbons (Fsp3) is 0.480. The molecule has 0 bridgehead atoms. The fourth-order valence-corrected chi connectivity index (χ4v) is 7.17. The van der Waals surface area contributed by atoms with Crippen LogP contribution in [0.15, 0.2) is 28.6 Å². The van der Waals surface area contributed by atoms with Gasteiger partial charge in [0.2, 0.25) is 0 Å². The third kappa shape index (κ3) is 3.34. The van der Waals surface area contributed by atoms with Gasteiger partial charge in [0, 0.05) is 22.4 Å². The molecule has 1 aromatic carbocycles. The van der Waals surface area contributed by atoms with Crippen LogP contribution < -0.4 is 5.73 Å². The average Bonchev–Trinajstić information content (AvgIpc) is 3.44. The summed E-state index contributed by atoms with van der Waals surface area (Å²) >= 11 is 3.57. The van der Waals surface area contributed by atoms with Crippen molar-refractivity contribution in [3.8, 4) is 22.4 Å². The molecule has 1 aromatic heterocycles. The largest absolute Gasteiger partial charge is 0.369 e. The van der Waals surface area contributed by atoms with Gasteiger partial charge in [0.25, 0.3) is 5.91 Å². The zero-order valence-electron chi connectivity index (χ0n) is 19.0. The number of guanidine groups is 1. The molecular weight excluding hydrogens is 547 g/mol. The smallest absolute Gasteiger partial charge is 0.262 e. The average molecular weight is 574 g/mol. The van der Waals surface area contributed by atoms with Crippen LogP contribution in [0.5, 0.6) is 0 Å². The van der Waals surface area contributed by atoms with Crippen LogP contribution in [-0.2, 0) is 19.8 Å². The summed E-state index contributed by atoms with van der Waals surface area (Å²) in [6.07, 6.45) is 4.65. The maximum Gasteiger partial charge on any atom is 0.262 e. The molecule has 1 amide bonds. The van der Waals surface area contributed by atoms with Gasteiger partial charge in [0.05, 0.1) is 6.10 Å². The quantitative estimate of drug-likeness (QED) is 0.422. The van der Waals surface area contributed by atoms with E-state index in [1.165, 1.54) is 5.56 Å². The van der Waals surface area contributed by atoms with Crippen LogP contribution >= 0.6 is 34.3 Å². The van der Waals surface area contributed by atoms with Crippen LogP contribution in [0.3, 0.4) is 0 Å². The van der Waals surface area contributed by atoms with Gasteiger partial charge in [-0.2, -0.15) is 0 Å². The SMILES string of the molecule is CC#Cc1csc(-c2ccc3c(c2)C2(N=C(N)N(C(C)C)C2=O)C2(CCC(OI)CC2)C3)n1. The number of carbonyl (C=O) groups is 1. The normalized spacial score (nSPS) is 28.4. The van der Waals surface area contributed by atoms with Crippen molar-refractivity contribution < 1.29 is 7.86 Å². The highest BCUT2D eigenvalue weighted by Crippen LogP contribution is 2.62. The first-order valence-electron chi connectivity index (χ1n) is 11.3. The monoisotopic (exact) mass is 574 g/mol. The van der Waals surface area contributed by atoms with Crippen molar-refractivity contribution in [3.63, 3.8) is 0 Å². The predicted molar refractivity (Wildman–Crippen MR) is 139 cm³/mol. The second-order valence-electron chi connectivity index (χ2n) is 9.48. The van der Waals surface area contributed by atoms with Crippen LogP contribution in [0.2, 0.25) is 0 Å². The van der Waals surface area contributed by atoms with Gasteiger partial charge in [-0.25, -0.2) is 9.98 Å². The lowest BCUT2D eigenvalue weighted by molar-refractivity contribution is -0.138. The molecule has 1 atom stereocenters. The highest BCUT2D eigenvalue weighted by atomic mass is 127. The third-order valence-electron chi connectivity index (χ3n) is 7.39. The molecule has 1 aliphatic heterocycles. The van der Waals surface area contributed by atoms with Crippen molar-refractivity contribution in [2.24, 2.45) is 16.1 Å². The van der Waals surface area contributed by atoms with Gasteiger partial charge in [0.1, 0.15) is 33.7 Å². The van der Waals surface area contributed by atoms with E-state index >= 15 is 0 Å². The summed E-state index contributed by atoms with van der Waals surface area (Å²) in [5.41, 5.74) is 9.09. The Morgan fingerprint density at radius 3 is 2.73 bits per heavy atom. The Kier molecular flexibility index (Phi) is 5.78. The number of nitrogens with two attached hydrogens (primary N) is 1. The van der Waals surface area contributed by atoms with Crippen LogP contribution in [0, 0.1) is 17.3 Å². The number of fused-ring (bicyclic) bond motifs is 3. The van der Waals surface area contributed by atoms with Crippen molar-refractivity contribution >= 4 is 46.2 Å². The highest BCUT2D eigenvalue weighted by Gasteiger charge is 2.67. The Hall–Kier alpha value is -1.96. The Labute approximate surface area is 212 Å². The van der Waals surface area contributed by atoms with Crippen molar-refractivity contribution in [2.45, 2.75) is 70.6 Å². The zero-order valence-corrected chi connectivity index (χ0v) is 22.0. The zero-order chi connectivity index (χ0) is 23.4. The minimum Gasteiger partial charge on any atom is -0.369 e. The van der Waals surface area contributed by atoms with E-state index in [4.69, 9.17) is 13.8 Å². The molecule has 3 aliphatic rings. The van der Waals surface area contributed by atoms with Crippen molar-refractivity contribution in [2.75, 3.05) is 0 Å². The first-order valence-corrected chi connectivity index (χ1v) is 13.1. The number of hydrogen-bond acceptors (Lipinski definition) is 6. The Morgan fingerprint density at radius 1 is 1.33 bits per heavy atom. The summed E-state index contributed by atoms with van der Waals surface area (Å²) in [6, 6.07) is 6.35. The minimum atomic E-state index is -0.980. The van der Waals surface area contributed by atoms with Crippen LogP contribution in [0.25, 0.3) is 10.6 Å². The molecule has 2 N–H and O–H groups in total. The molecule has 5 rings (SSSR count). The van der Waals surface area contributed by atoms with Crippen LogP contribution in [0.1, 0.15) is 63.3 Å². The van der Waals surface area contributed by atoms with Gasteiger partial charge in [0.15, 0.2) is 11.5 Å². The van der Waals surface area contributed by atoms with Crippen molar-refractivity contribution in [3.05, 3.63) is 40.4 Å². The molecule has 1 saturated carbocycles. The van der Waals surface area contributed by atoms with Gasteiger partial charge in [-0.1, -0.05) is 18.1 Å². The maximum absolute atomic E-state index is 14.2. The number of rotatable bonds is 3. The van der Waals surface area contributed by atoms with E-state index in [0.29, 0.717) is 5.96 Å². The topological polar surface area (TPSA) is 80.8 Å². The molecule has 172 valence electrons. The Bertz CT molecular complexity index is 1200. The molecule has 0 radical (unpaired) electrons. The highest BCUT2D eigenvalue weighted by molar-refractivity contribution is 14.1.